The van der Waals surface area contributed by atoms with Crippen LogP contribution >= 0.6 is 15.9 Å². The van der Waals surface area contributed by atoms with E-state index in [0.29, 0.717) is 11.7 Å². The lowest BCUT2D eigenvalue weighted by Gasteiger charge is -2.30. The lowest BCUT2D eigenvalue weighted by molar-refractivity contribution is 0.432. The van der Waals surface area contributed by atoms with Crippen molar-refractivity contribution >= 4 is 15.9 Å². The van der Waals surface area contributed by atoms with E-state index in [1.807, 2.05) is 0 Å². The standard InChI is InChI=1S/C19H23BrO2/c1-5-6-13-16(20)17(21)15(19-18(13)22-19)14-9-11(4)7-8-12(14)10(2)3/h9,12,14,21H,2,5-8H2,1,3-4H3/t12?,14-/m1/s1. The highest BCUT2D eigenvalue weighted by molar-refractivity contribution is 9.10. The highest BCUT2D eigenvalue weighted by Crippen LogP contribution is 2.62. The van der Waals surface area contributed by atoms with Crippen LogP contribution in [0.1, 0.15) is 57.1 Å². The molecule has 2 aliphatic rings. The molecule has 1 aliphatic heterocycles. The summed E-state index contributed by atoms with van der Waals surface area (Å²) in [5.41, 5.74) is 4.59. The summed E-state index contributed by atoms with van der Waals surface area (Å²) in [6.07, 6.45) is 6.42. The third kappa shape index (κ3) is 2.50. The van der Waals surface area contributed by atoms with Gasteiger partial charge >= 0.3 is 0 Å². The molecule has 22 heavy (non-hydrogen) atoms. The Balaban J connectivity index is 2.11. The number of benzene rings is 1. The number of halogens is 1. The second kappa shape index (κ2) is 5.77. The zero-order valence-electron chi connectivity index (χ0n) is 13.5. The molecule has 0 amide bonds. The van der Waals surface area contributed by atoms with Crippen LogP contribution in [0.2, 0.25) is 0 Å². The zero-order chi connectivity index (χ0) is 16.0. The molecule has 1 N–H and O–H groups in total. The van der Waals surface area contributed by atoms with Crippen LogP contribution in [0.4, 0.5) is 0 Å². The van der Waals surface area contributed by atoms with Crippen LogP contribution in [0.25, 0.3) is 0 Å². The molecule has 2 nitrogen and oxygen atoms in total. The molecule has 0 saturated carbocycles. The highest BCUT2D eigenvalue weighted by atomic mass is 79.9. The third-order valence-corrected chi connectivity index (χ3v) is 5.68. The molecule has 0 saturated heterocycles. The summed E-state index contributed by atoms with van der Waals surface area (Å²) >= 11 is 3.58. The number of hydrogen-bond acceptors (Lipinski definition) is 2. The Kier molecular flexibility index (Phi) is 4.11. The van der Waals surface area contributed by atoms with Gasteiger partial charge in [0.05, 0.1) is 4.47 Å². The van der Waals surface area contributed by atoms with E-state index in [-0.39, 0.29) is 5.92 Å². The first-order chi connectivity index (χ1) is 10.5. The van der Waals surface area contributed by atoms with E-state index in [1.54, 1.807) is 0 Å². The first-order valence-electron chi connectivity index (χ1n) is 8.03. The first kappa shape index (κ1) is 15.7. The monoisotopic (exact) mass is 362 g/mol. The van der Waals surface area contributed by atoms with E-state index in [2.05, 4.69) is 49.4 Å². The summed E-state index contributed by atoms with van der Waals surface area (Å²) in [6, 6.07) is 0. The normalized spacial score (nSPS) is 22.6. The SMILES string of the molecule is C=C(C)C1CCC(C)=C[C@H]1c1c(O)c(Br)c(CCC)c2c1O2. The molecule has 3 rings (SSSR count). The van der Waals surface area contributed by atoms with E-state index in [9.17, 15) is 5.11 Å². The van der Waals surface area contributed by atoms with E-state index < -0.39 is 0 Å². The molecule has 0 radical (unpaired) electrons. The van der Waals surface area contributed by atoms with E-state index in [4.69, 9.17) is 4.74 Å². The second-order valence-electron chi connectivity index (χ2n) is 6.60. The Morgan fingerprint density at radius 3 is 2.82 bits per heavy atom. The van der Waals surface area contributed by atoms with Gasteiger partial charge in [-0.3, -0.25) is 0 Å². The van der Waals surface area contributed by atoms with Crippen molar-refractivity contribution in [2.24, 2.45) is 5.92 Å². The number of rotatable bonds is 4. The fraction of sp³-hybridized carbons (Fsp3) is 0.474. The maximum Gasteiger partial charge on any atom is 0.178 e. The zero-order valence-corrected chi connectivity index (χ0v) is 15.1. The number of aromatic hydroxyl groups is 1. The fourth-order valence-corrected chi connectivity index (χ4v) is 4.20. The van der Waals surface area contributed by atoms with Crippen molar-refractivity contribution in [3.05, 3.63) is 39.4 Å². The van der Waals surface area contributed by atoms with Crippen molar-refractivity contribution in [3.63, 3.8) is 0 Å². The lowest BCUT2D eigenvalue weighted by Crippen LogP contribution is -2.16. The van der Waals surface area contributed by atoms with Crippen LogP contribution in [0, 0.1) is 5.92 Å². The molecule has 2 atom stereocenters. The van der Waals surface area contributed by atoms with Gasteiger partial charge < -0.3 is 9.84 Å². The number of phenolic OH excluding ortho intramolecular Hbond substituents is 1. The Bertz CT molecular complexity index is 673. The van der Waals surface area contributed by atoms with Gasteiger partial charge in [0, 0.05) is 17.0 Å². The van der Waals surface area contributed by atoms with Gasteiger partial charge in [-0.25, -0.2) is 0 Å². The fourth-order valence-electron chi connectivity index (χ4n) is 3.61. The quantitative estimate of drug-likeness (QED) is 0.516. The predicted octanol–water partition coefficient (Wildman–Crippen LogP) is 6.23. The topological polar surface area (TPSA) is 32.8 Å². The number of allylic oxidation sites excluding steroid dienone is 3. The molecular formula is C19H23BrO2. The van der Waals surface area contributed by atoms with E-state index in [1.165, 1.54) is 11.1 Å². The Labute approximate surface area is 141 Å². The van der Waals surface area contributed by atoms with Crippen molar-refractivity contribution in [1.82, 2.24) is 0 Å². The lowest BCUT2D eigenvalue weighted by atomic mass is 9.74. The van der Waals surface area contributed by atoms with Crippen molar-refractivity contribution in [1.29, 1.82) is 0 Å². The second-order valence-corrected chi connectivity index (χ2v) is 7.39. The maximum absolute atomic E-state index is 10.8. The van der Waals surface area contributed by atoms with E-state index in [0.717, 1.165) is 52.8 Å². The van der Waals surface area contributed by atoms with Gasteiger partial charge in [-0.2, -0.15) is 0 Å². The molecule has 0 fully saturated rings. The number of phenols is 1. The van der Waals surface area contributed by atoms with Gasteiger partial charge in [0.2, 0.25) is 0 Å². The van der Waals surface area contributed by atoms with Crippen LogP contribution in [0.5, 0.6) is 17.2 Å². The van der Waals surface area contributed by atoms with E-state index >= 15 is 0 Å². The number of ether oxygens (including phenoxy) is 1. The van der Waals surface area contributed by atoms with Gasteiger partial charge in [-0.05, 0) is 55.0 Å². The van der Waals surface area contributed by atoms with Gasteiger partial charge in [0.15, 0.2) is 11.5 Å². The molecule has 0 bridgehead atoms. The third-order valence-electron chi connectivity index (χ3n) is 4.83. The summed E-state index contributed by atoms with van der Waals surface area (Å²) < 4.78 is 6.59. The van der Waals surface area contributed by atoms with Crippen molar-refractivity contribution in [2.45, 2.75) is 52.4 Å². The minimum Gasteiger partial charge on any atom is -0.506 e. The molecule has 1 unspecified atom stereocenters. The van der Waals surface area contributed by atoms with Crippen LogP contribution in [-0.2, 0) is 6.42 Å². The average molecular weight is 363 g/mol. The highest BCUT2D eigenvalue weighted by Gasteiger charge is 2.40. The Morgan fingerprint density at radius 2 is 2.18 bits per heavy atom. The van der Waals surface area contributed by atoms with Crippen LogP contribution in [0.15, 0.2) is 28.3 Å². The molecule has 1 aromatic rings. The smallest absolute Gasteiger partial charge is 0.178 e. The molecular weight excluding hydrogens is 340 g/mol. The largest absolute Gasteiger partial charge is 0.506 e. The minimum atomic E-state index is 0.162. The maximum atomic E-state index is 10.8. The predicted molar refractivity (Wildman–Crippen MR) is 93.9 cm³/mol. The summed E-state index contributed by atoms with van der Waals surface area (Å²) in [6.45, 7) is 10.5. The molecule has 1 aliphatic carbocycles. The Morgan fingerprint density at radius 1 is 1.45 bits per heavy atom. The van der Waals surface area contributed by atoms with Crippen molar-refractivity contribution in [3.8, 4) is 17.2 Å². The van der Waals surface area contributed by atoms with Gasteiger partial charge in [0.1, 0.15) is 5.75 Å². The van der Waals surface area contributed by atoms with Crippen LogP contribution in [-0.4, -0.2) is 5.11 Å². The first-order valence-corrected chi connectivity index (χ1v) is 8.82. The molecule has 118 valence electrons. The summed E-state index contributed by atoms with van der Waals surface area (Å²) in [4.78, 5) is 0. The van der Waals surface area contributed by atoms with Crippen molar-refractivity contribution < 1.29 is 9.84 Å². The van der Waals surface area contributed by atoms with Gasteiger partial charge in [-0.1, -0.05) is 37.1 Å². The molecule has 0 aromatic heterocycles. The number of hydrogen-bond donors (Lipinski definition) is 1. The molecule has 0 spiro atoms. The molecule has 1 heterocycles. The van der Waals surface area contributed by atoms with Crippen molar-refractivity contribution in [2.75, 3.05) is 0 Å². The average Bonchev–Trinajstić information content (AvgIpc) is 3.23. The summed E-state index contributed by atoms with van der Waals surface area (Å²) in [5, 5.41) is 10.8. The van der Waals surface area contributed by atoms with Gasteiger partial charge in [0.25, 0.3) is 0 Å². The van der Waals surface area contributed by atoms with Crippen LogP contribution in [0.3, 0.4) is 0 Å². The summed E-state index contributed by atoms with van der Waals surface area (Å²) in [5.74, 6) is 2.74. The van der Waals surface area contributed by atoms with Crippen LogP contribution < -0.4 is 4.74 Å². The summed E-state index contributed by atoms with van der Waals surface area (Å²) in [7, 11) is 0. The van der Waals surface area contributed by atoms with Gasteiger partial charge in [-0.15, -0.1) is 0 Å². The minimum absolute atomic E-state index is 0.162. The Hall–Kier alpha value is -1.22. The molecule has 3 heteroatoms. The number of fused-ring (bicyclic) bond motifs is 1. The molecule has 1 aromatic carbocycles.